The third-order valence-electron chi connectivity index (χ3n) is 4.29. The van der Waals surface area contributed by atoms with Crippen molar-refractivity contribution in [3.05, 3.63) is 0 Å². The fourth-order valence-corrected chi connectivity index (χ4v) is 3.17. The van der Waals surface area contributed by atoms with Crippen molar-refractivity contribution in [1.29, 1.82) is 0 Å². The van der Waals surface area contributed by atoms with Crippen LogP contribution >= 0.6 is 0 Å². The molecule has 0 bridgehead atoms. The lowest BCUT2D eigenvalue weighted by atomic mass is 10.00. The second-order valence-electron chi connectivity index (χ2n) is 5.85. The minimum absolute atomic E-state index is 0.101. The summed E-state index contributed by atoms with van der Waals surface area (Å²) in [6.07, 6.45) is 4.02. The van der Waals surface area contributed by atoms with Crippen LogP contribution in [-0.4, -0.2) is 48.7 Å². The van der Waals surface area contributed by atoms with Crippen LogP contribution in [-0.2, 0) is 14.3 Å². The Balaban J connectivity index is 1.80. The zero-order chi connectivity index (χ0) is 13.8. The van der Waals surface area contributed by atoms with E-state index in [9.17, 15) is 9.59 Å². The van der Waals surface area contributed by atoms with Gasteiger partial charge in [0.05, 0.1) is 12.5 Å². The van der Waals surface area contributed by atoms with Crippen molar-refractivity contribution in [3.63, 3.8) is 0 Å². The van der Waals surface area contributed by atoms with E-state index >= 15 is 0 Å². The van der Waals surface area contributed by atoms with Gasteiger partial charge in [0, 0.05) is 26.1 Å². The molecule has 0 aromatic heterocycles. The molecule has 0 radical (unpaired) electrons. The first-order chi connectivity index (χ1) is 9.08. The summed E-state index contributed by atoms with van der Waals surface area (Å²) in [6, 6.07) is 0. The van der Waals surface area contributed by atoms with Crippen molar-refractivity contribution < 1.29 is 19.4 Å². The average Bonchev–Trinajstić information content (AvgIpc) is 2.88. The fraction of sp³-hybridized carbons (Fsp3) is 0.857. The van der Waals surface area contributed by atoms with Gasteiger partial charge in [0.2, 0.25) is 5.91 Å². The Morgan fingerprint density at radius 3 is 2.58 bits per heavy atom. The zero-order valence-corrected chi connectivity index (χ0v) is 11.5. The Morgan fingerprint density at radius 1 is 1.26 bits per heavy atom. The number of carbonyl (C=O) groups excluding carboxylic acids is 1. The molecule has 1 aliphatic carbocycles. The van der Waals surface area contributed by atoms with Gasteiger partial charge in [-0.1, -0.05) is 0 Å². The maximum atomic E-state index is 12.3. The Morgan fingerprint density at radius 2 is 2.00 bits per heavy atom. The minimum atomic E-state index is -0.765. The van der Waals surface area contributed by atoms with Gasteiger partial charge in [-0.25, -0.2) is 0 Å². The van der Waals surface area contributed by atoms with Gasteiger partial charge in [-0.2, -0.15) is 0 Å². The Bertz CT molecular complexity index is 338. The second-order valence-corrected chi connectivity index (χ2v) is 5.85. The molecule has 3 atom stereocenters. The van der Waals surface area contributed by atoms with Crippen molar-refractivity contribution >= 4 is 11.9 Å². The lowest BCUT2D eigenvalue weighted by molar-refractivity contribution is -0.141. The molecule has 19 heavy (non-hydrogen) atoms. The van der Waals surface area contributed by atoms with E-state index in [1.165, 1.54) is 0 Å². The average molecular weight is 269 g/mol. The van der Waals surface area contributed by atoms with E-state index in [0.29, 0.717) is 25.2 Å². The Hall–Kier alpha value is -1.10. The van der Waals surface area contributed by atoms with E-state index < -0.39 is 5.97 Å². The van der Waals surface area contributed by atoms with Crippen LogP contribution in [0.25, 0.3) is 0 Å². The molecule has 1 amide bonds. The quantitative estimate of drug-likeness (QED) is 0.837. The van der Waals surface area contributed by atoms with Gasteiger partial charge in [-0.05, 0) is 38.0 Å². The van der Waals surface area contributed by atoms with Crippen LogP contribution in [0.2, 0.25) is 0 Å². The maximum absolute atomic E-state index is 12.3. The van der Waals surface area contributed by atoms with Gasteiger partial charge < -0.3 is 14.7 Å². The van der Waals surface area contributed by atoms with E-state index in [1.807, 2.05) is 7.05 Å². The van der Waals surface area contributed by atoms with Gasteiger partial charge in [0.1, 0.15) is 0 Å². The van der Waals surface area contributed by atoms with Gasteiger partial charge in [-0.15, -0.1) is 0 Å². The fourth-order valence-electron chi connectivity index (χ4n) is 3.17. The van der Waals surface area contributed by atoms with Gasteiger partial charge in [-0.3, -0.25) is 9.59 Å². The largest absolute Gasteiger partial charge is 0.481 e. The number of nitrogens with zero attached hydrogens (tertiary/aromatic N) is 1. The first-order valence-electron chi connectivity index (χ1n) is 7.13. The lowest BCUT2D eigenvalue weighted by Crippen LogP contribution is -2.38. The van der Waals surface area contributed by atoms with Crippen LogP contribution in [0, 0.1) is 17.8 Å². The van der Waals surface area contributed by atoms with Crippen molar-refractivity contribution in [2.75, 3.05) is 26.8 Å². The topological polar surface area (TPSA) is 66.8 Å². The summed E-state index contributed by atoms with van der Waals surface area (Å²) in [5.74, 6) is -0.664. The summed E-state index contributed by atoms with van der Waals surface area (Å²) in [4.78, 5) is 25.0. The minimum Gasteiger partial charge on any atom is -0.481 e. The normalized spacial score (nSPS) is 31.1. The molecule has 1 saturated carbocycles. The highest BCUT2D eigenvalue weighted by molar-refractivity contribution is 5.80. The predicted molar refractivity (Wildman–Crippen MR) is 69.6 cm³/mol. The van der Waals surface area contributed by atoms with Crippen molar-refractivity contribution in [1.82, 2.24) is 4.90 Å². The summed E-state index contributed by atoms with van der Waals surface area (Å²) in [5.41, 5.74) is 0. The monoisotopic (exact) mass is 269 g/mol. The number of rotatable bonds is 4. The number of hydrogen-bond acceptors (Lipinski definition) is 3. The van der Waals surface area contributed by atoms with E-state index in [-0.39, 0.29) is 17.7 Å². The molecule has 5 nitrogen and oxygen atoms in total. The molecule has 2 fully saturated rings. The smallest absolute Gasteiger partial charge is 0.306 e. The zero-order valence-electron chi connectivity index (χ0n) is 11.5. The first-order valence-corrected chi connectivity index (χ1v) is 7.13. The number of amides is 1. The maximum Gasteiger partial charge on any atom is 0.306 e. The molecule has 0 aromatic rings. The molecule has 5 heteroatoms. The van der Waals surface area contributed by atoms with Crippen LogP contribution in [0.1, 0.15) is 32.1 Å². The SMILES string of the molecule is CN(CC1CCCOC1)C(=O)[C@@H]1CC[C@H](C(=O)O)C1. The molecule has 0 aromatic carbocycles. The number of carbonyl (C=O) groups is 2. The number of aliphatic carboxylic acids is 1. The van der Waals surface area contributed by atoms with Crippen molar-refractivity contribution in [2.45, 2.75) is 32.1 Å². The predicted octanol–water partition coefficient (Wildman–Crippen LogP) is 1.37. The summed E-state index contributed by atoms with van der Waals surface area (Å²) in [7, 11) is 1.82. The van der Waals surface area contributed by atoms with E-state index in [0.717, 1.165) is 32.6 Å². The molecule has 1 unspecified atom stereocenters. The number of ether oxygens (including phenoxy) is 1. The molecule has 2 rings (SSSR count). The second kappa shape index (κ2) is 6.37. The van der Waals surface area contributed by atoms with Gasteiger partial charge >= 0.3 is 5.97 Å². The van der Waals surface area contributed by atoms with E-state index in [1.54, 1.807) is 4.90 Å². The lowest BCUT2D eigenvalue weighted by Gasteiger charge is -2.28. The molecular formula is C14H23NO4. The molecule has 1 N–H and O–H groups in total. The van der Waals surface area contributed by atoms with Crippen LogP contribution in [0.3, 0.4) is 0 Å². The summed E-state index contributed by atoms with van der Waals surface area (Å²) in [6.45, 7) is 2.30. The molecule has 1 heterocycles. The third kappa shape index (κ3) is 3.69. The third-order valence-corrected chi connectivity index (χ3v) is 4.29. The highest BCUT2D eigenvalue weighted by Gasteiger charge is 2.35. The Kier molecular flexibility index (Phi) is 4.80. The van der Waals surface area contributed by atoms with Gasteiger partial charge in [0.25, 0.3) is 0 Å². The van der Waals surface area contributed by atoms with E-state index in [4.69, 9.17) is 9.84 Å². The number of carboxylic acid groups (broad SMARTS) is 1. The molecular weight excluding hydrogens is 246 g/mol. The molecule has 2 aliphatic rings. The highest BCUT2D eigenvalue weighted by atomic mass is 16.5. The van der Waals surface area contributed by atoms with Crippen molar-refractivity contribution in [2.24, 2.45) is 17.8 Å². The van der Waals surface area contributed by atoms with Crippen LogP contribution < -0.4 is 0 Å². The molecule has 108 valence electrons. The standard InChI is InChI=1S/C14H23NO4/c1-15(8-10-3-2-6-19-9-10)13(16)11-4-5-12(7-11)14(17)18/h10-12H,2-9H2,1H3,(H,17,18)/t10?,11-,12+/m1/s1. The summed E-state index contributed by atoms with van der Waals surface area (Å²) < 4.78 is 5.42. The van der Waals surface area contributed by atoms with Crippen LogP contribution in [0.15, 0.2) is 0 Å². The van der Waals surface area contributed by atoms with E-state index in [2.05, 4.69) is 0 Å². The highest BCUT2D eigenvalue weighted by Crippen LogP contribution is 2.32. The summed E-state index contributed by atoms with van der Waals surface area (Å²) >= 11 is 0. The van der Waals surface area contributed by atoms with Crippen LogP contribution in [0.5, 0.6) is 0 Å². The van der Waals surface area contributed by atoms with Crippen LogP contribution in [0.4, 0.5) is 0 Å². The van der Waals surface area contributed by atoms with Crippen molar-refractivity contribution in [3.8, 4) is 0 Å². The van der Waals surface area contributed by atoms with Gasteiger partial charge in [0.15, 0.2) is 0 Å². The first kappa shape index (κ1) is 14.3. The number of hydrogen-bond donors (Lipinski definition) is 1. The molecule has 1 saturated heterocycles. The summed E-state index contributed by atoms with van der Waals surface area (Å²) in [5, 5.41) is 8.97. The number of carboxylic acids is 1. The Labute approximate surface area is 113 Å². The molecule has 1 aliphatic heterocycles. The molecule has 0 spiro atoms.